The van der Waals surface area contributed by atoms with Gasteiger partial charge in [-0.15, -0.1) is 0 Å². The fraction of sp³-hybridized carbons (Fsp3) is 0.0571. The zero-order valence-electron chi connectivity index (χ0n) is 37.0. The van der Waals surface area contributed by atoms with Gasteiger partial charge in [-0.05, 0) is 45.2 Å². The molecule has 37 heavy (non-hydrogen) atoms. The molecule has 0 radical (unpaired) electrons. The molecule has 7 rings (SSSR count). The predicted octanol–water partition coefficient (Wildman–Crippen LogP) is 9.23. The summed E-state index contributed by atoms with van der Waals surface area (Å²) in [5, 5.41) is -1.45. The predicted molar refractivity (Wildman–Crippen MR) is 156 cm³/mol. The summed E-state index contributed by atoms with van der Waals surface area (Å²) < 4.78 is 158. The van der Waals surface area contributed by atoms with Crippen LogP contribution in [0.25, 0.3) is 60.5 Å². The Morgan fingerprint density at radius 2 is 1.30 bits per heavy atom. The van der Waals surface area contributed by atoms with Crippen LogP contribution in [0.4, 0.5) is 0 Å². The molecule has 1 heterocycles. The van der Waals surface area contributed by atoms with Crippen LogP contribution in [0.1, 0.15) is 37.3 Å². The van der Waals surface area contributed by atoms with E-state index in [0.29, 0.717) is 0 Å². The van der Waals surface area contributed by atoms with Crippen molar-refractivity contribution < 1.29 is 24.7 Å². The zero-order valence-corrected chi connectivity index (χ0v) is 19.0. The first-order valence-electron chi connectivity index (χ1n) is 20.3. The van der Waals surface area contributed by atoms with Gasteiger partial charge in [-0.1, -0.05) is 122 Å². The van der Waals surface area contributed by atoms with Gasteiger partial charge in [-0.2, -0.15) is 0 Å². The van der Waals surface area contributed by atoms with Gasteiger partial charge in [0, 0.05) is 24.0 Å². The van der Waals surface area contributed by atoms with Crippen molar-refractivity contribution in [2.45, 2.75) is 13.2 Å². The van der Waals surface area contributed by atoms with Gasteiger partial charge in [0.25, 0.3) is 0 Å². The summed E-state index contributed by atoms with van der Waals surface area (Å²) >= 11 is 0. The summed E-state index contributed by atoms with van der Waals surface area (Å²) in [4.78, 5) is 4.35. The molecule has 0 aliphatic carbocycles. The maximum Gasteiger partial charge on any atom is 0.114 e. The lowest BCUT2D eigenvalue weighted by Crippen LogP contribution is -2.03. The number of aryl methyl sites for hydroxylation is 1. The van der Waals surface area contributed by atoms with Gasteiger partial charge in [-0.3, -0.25) is 4.57 Å². The minimum absolute atomic E-state index is 0.0221. The maximum absolute atomic E-state index is 9.30. The average Bonchev–Trinajstić information content (AvgIpc) is 3.55. The molecule has 2 nitrogen and oxygen atoms in total. The molecule has 0 spiro atoms. The molecule has 0 bridgehead atoms. The number of rotatable bonds is 4. The van der Waals surface area contributed by atoms with Crippen molar-refractivity contribution >= 4 is 32.6 Å². The minimum atomic E-state index is -3.35. The van der Waals surface area contributed by atoms with Gasteiger partial charge in [0.05, 0.1) is 34.5 Å². The second-order valence-electron chi connectivity index (χ2n) is 8.15. The number of para-hydroxylation sites is 2. The molecule has 1 aromatic heterocycles. The molecule has 0 unspecified atom stereocenters. The van der Waals surface area contributed by atoms with Crippen molar-refractivity contribution in [3.05, 3.63) is 133 Å². The van der Waals surface area contributed by atoms with Crippen molar-refractivity contribution in [2.24, 2.45) is 0 Å². The third kappa shape index (κ3) is 3.37. The Labute approximate surface area is 241 Å². The summed E-state index contributed by atoms with van der Waals surface area (Å²) in [5.41, 5.74) is -0.815. The van der Waals surface area contributed by atoms with E-state index in [0.717, 1.165) is 4.57 Å². The van der Waals surface area contributed by atoms with Crippen molar-refractivity contribution in [1.29, 1.82) is 0 Å². The van der Waals surface area contributed by atoms with Crippen molar-refractivity contribution in [2.75, 3.05) is 0 Å². The van der Waals surface area contributed by atoms with E-state index in [2.05, 4.69) is 4.98 Å². The Bertz CT molecular complexity index is 2710. The van der Waals surface area contributed by atoms with Crippen molar-refractivity contribution in [1.82, 2.24) is 9.55 Å². The lowest BCUT2D eigenvalue weighted by atomic mass is 9.87. The molecule has 2 heteroatoms. The quantitative estimate of drug-likeness (QED) is 0.224. The van der Waals surface area contributed by atoms with E-state index >= 15 is 0 Å². The van der Waals surface area contributed by atoms with E-state index in [4.69, 9.17) is 19.2 Å². The Kier molecular flexibility index (Phi) is 2.36. The van der Waals surface area contributed by atoms with E-state index in [1.54, 1.807) is 6.07 Å². The minimum Gasteiger partial charge on any atom is -0.295 e. The highest BCUT2D eigenvalue weighted by molar-refractivity contribution is 6.19. The monoisotopic (exact) mass is 492 g/mol. The van der Waals surface area contributed by atoms with Crippen LogP contribution in [0, 0.1) is 0 Å². The fourth-order valence-electron chi connectivity index (χ4n) is 4.74. The SMILES string of the molecule is [2H]c1c([2H])c([2H])c(-c2ccccc2-c2c3c([2H])c([2H])c([2H])c([2H])c3c(-n3c(C([2H])([2H])C([2H])([2H])[2H])nc4ccccc43)c3c([2H])c([2H])c([2H])c([2H])c23)c([2H])c1[2H]. The summed E-state index contributed by atoms with van der Waals surface area (Å²) in [6.45, 7) is -3.35. The van der Waals surface area contributed by atoms with E-state index in [1.165, 1.54) is 42.5 Å². The van der Waals surface area contributed by atoms with E-state index in [-0.39, 0.29) is 54.8 Å². The van der Waals surface area contributed by atoms with Gasteiger partial charge in [0.2, 0.25) is 0 Å². The van der Waals surface area contributed by atoms with Gasteiger partial charge >= 0.3 is 0 Å². The number of nitrogens with zero attached hydrogens (tertiary/aromatic N) is 2. The van der Waals surface area contributed by atoms with Crippen LogP contribution in [0.3, 0.4) is 0 Å². The molecule has 0 aliphatic rings. The van der Waals surface area contributed by atoms with E-state index < -0.39 is 103 Å². The topological polar surface area (TPSA) is 17.8 Å². The van der Waals surface area contributed by atoms with Gasteiger partial charge < -0.3 is 0 Å². The molecule has 6 aromatic carbocycles. The molecule has 0 aliphatic heterocycles. The van der Waals surface area contributed by atoms with Crippen molar-refractivity contribution in [3.8, 4) is 27.9 Å². The Morgan fingerprint density at radius 1 is 0.703 bits per heavy atom. The van der Waals surface area contributed by atoms with Crippen LogP contribution >= 0.6 is 0 Å². The van der Waals surface area contributed by atoms with Crippen LogP contribution < -0.4 is 0 Å². The molecule has 0 saturated carbocycles. The third-order valence-electron chi connectivity index (χ3n) is 6.21. The molecule has 0 amide bonds. The van der Waals surface area contributed by atoms with Crippen LogP contribution in [0.15, 0.2) is 127 Å². The third-order valence-corrected chi connectivity index (χ3v) is 6.21. The molecule has 0 N–H and O–H groups in total. The maximum atomic E-state index is 9.30. The summed E-state index contributed by atoms with van der Waals surface area (Å²) in [7, 11) is 0. The Morgan fingerprint density at radius 3 is 2.00 bits per heavy atom. The number of imidazole rings is 1. The van der Waals surface area contributed by atoms with E-state index in [1.807, 2.05) is 0 Å². The Hall–Kier alpha value is -4.69. The largest absolute Gasteiger partial charge is 0.295 e. The first-order valence-corrected chi connectivity index (χ1v) is 11.3. The molecular formula is C35H26N2. The van der Waals surface area contributed by atoms with Crippen LogP contribution in [-0.2, 0) is 6.37 Å². The molecule has 7 aromatic rings. The van der Waals surface area contributed by atoms with Gasteiger partial charge in [-0.25, -0.2) is 4.98 Å². The summed E-state index contributed by atoms with van der Waals surface area (Å²) in [6.07, 6.45) is -3.23. The first-order chi connectivity index (χ1) is 25.7. The fourth-order valence-corrected chi connectivity index (χ4v) is 4.74. The highest BCUT2D eigenvalue weighted by Gasteiger charge is 2.21. The van der Waals surface area contributed by atoms with Crippen LogP contribution in [0.5, 0.6) is 0 Å². The standard InChI is InChI=1S/C35H26N2/c1-2-33-36-31-22-12-13-23-32(31)37(33)35-29-20-10-8-18-27(29)34(28-19-9-11-21-30(28)35)26-17-7-6-16-25(26)24-14-4-3-5-15-24/h3-23H,2H2,1H3/i1D3,2D2,3D,4D,5D,8D,9D,10D,11D,14D,15D,18D,19D,20D,21D. The molecular weight excluding hydrogens is 448 g/mol. The zero-order chi connectivity index (χ0) is 40.4. The molecule has 176 valence electrons. The number of aromatic nitrogens is 2. The normalized spacial score (nSPS) is 19.1. The number of hydrogen-bond acceptors (Lipinski definition) is 1. The van der Waals surface area contributed by atoms with E-state index in [9.17, 15) is 5.48 Å². The summed E-state index contributed by atoms with van der Waals surface area (Å²) in [6, 6.07) is 2.79. The van der Waals surface area contributed by atoms with Crippen LogP contribution in [-0.4, -0.2) is 9.55 Å². The highest BCUT2D eigenvalue weighted by Crippen LogP contribution is 2.44. The van der Waals surface area contributed by atoms with Crippen LogP contribution in [0.2, 0.25) is 0 Å². The molecule has 0 atom stereocenters. The number of fused-ring (bicyclic) bond motifs is 3. The first kappa shape index (κ1) is 9.99. The average molecular weight is 493 g/mol. The number of hydrogen-bond donors (Lipinski definition) is 0. The second-order valence-corrected chi connectivity index (χ2v) is 8.15. The lowest BCUT2D eigenvalue weighted by molar-refractivity contribution is 0.917. The molecule has 0 saturated heterocycles. The van der Waals surface area contributed by atoms with Crippen molar-refractivity contribution in [3.63, 3.8) is 0 Å². The Balaban J connectivity index is 1.86. The highest BCUT2D eigenvalue weighted by atomic mass is 15.1. The van der Waals surface area contributed by atoms with Gasteiger partial charge in [0.15, 0.2) is 0 Å². The van der Waals surface area contributed by atoms with Gasteiger partial charge in [0.1, 0.15) is 5.82 Å². The smallest absolute Gasteiger partial charge is 0.114 e. The number of benzene rings is 6. The molecule has 0 fully saturated rings. The second kappa shape index (κ2) is 8.76. The lowest BCUT2D eigenvalue weighted by Gasteiger charge is -2.21. The summed E-state index contributed by atoms with van der Waals surface area (Å²) in [5.74, 6) is -0.733.